The van der Waals surface area contributed by atoms with Gasteiger partial charge < -0.3 is 14.1 Å². The van der Waals surface area contributed by atoms with Gasteiger partial charge in [0.25, 0.3) is 0 Å². The number of rotatable bonds is 6. The number of hydrogen-bond donors (Lipinski definition) is 0. The highest BCUT2D eigenvalue weighted by Gasteiger charge is 2.18. The summed E-state index contributed by atoms with van der Waals surface area (Å²) in [5.74, 6) is 0.440. The maximum atomic E-state index is 13.0. The first-order valence-electron chi connectivity index (χ1n) is 9.79. The highest BCUT2D eigenvalue weighted by Crippen LogP contribution is 2.21. The van der Waals surface area contributed by atoms with Gasteiger partial charge in [-0.3, -0.25) is 9.69 Å². The van der Waals surface area contributed by atoms with E-state index in [1.807, 2.05) is 18.2 Å². The van der Waals surface area contributed by atoms with E-state index in [1.165, 1.54) is 24.5 Å². The van der Waals surface area contributed by atoms with Crippen LogP contribution in [0, 0.1) is 5.82 Å². The second-order valence-corrected chi connectivity index (χ2v) is 7.67. The molecule has 3 aromatic rings. The lowest BCUT2D eigenvalue weighted by Gasteiger charge is -2.35. The van der Waals surface area contributed by atoms with E-state index in [9.17, 15) is 9.18 Å². The third kappa shape index (κ3) is 5.20. The Morgan fingerprint density at radius 1 is 1.03 bits per heavy atom. The van der Waals surface area contributed by atoms with Crippen molar-refractivity contribution in [3.63, 3.8) is 0 Å². The first-order valence-corrected chi connectivity index (χ1v) is 10.2. The first kappa shape index (κ1) is 20.4. The summed E-state index contributed by atoms with van der Waals surface area (Å²) in [6, 6.07) is 15.3. The van der Waals surface area contributed by atoms with E-state index >= 15 is 0 Å². The van der Waals surface area contributed by atoms with E-state index in [2.05, 4.69) is 15.9 Å². The van der Waals surface area contributed by atoms with Gasteiger partial charge in [0.2, 0.25) is 11.2 Å². The van der Waals surface area contributed by atoms with E-state index in [4.69, 9.17) is 20.8 Å². The van der Waals surface area contributed by atoms with Gasteiger partial charge in [0.05, 0.1) is 6.54 Å². The molecule has 0 amide bonds. The highest BCUT2D eigenvalue weighted by atomic mass is 35.5. The second-order valence-electron chi connectivity index (χ2n) is 7.23. The van der Waals surface area contributed by atoms with Crippen molar-refractivity contribution >= 4 is 17.3 Å². The SMILES string of the molecule is O=c1cc(CN2CCN(c3cccc(Cl)c3)CC2)occ1OCc1ccc(F)cc1. The second kappa shape index (κ2) is 9.32. The van der Waals surface area contributed by atoms with E-state index in [0.717, 1.165) is 42.5 Å². The summed E-state index contributed by atoms with van der Waals surface area (Å²) in [5.41, 5.74) is 1.67. The molecule has 156 valence electrons. The Morgan fingerprint density at radius 3 is 2.50 bits per heavy atom. The van der Waals surface area contributed by atoms with Crippen molar-refractivity contribution in [1.29, 1.82) is 0 Å². The van der Waals surface area contributed by atoms with Gasteiger partial charge in [-0.25, -0.2) is 4.39 Å². The minimum Gasteiger partial charge on any atom is -0.482 e. The number of anilines is 1. The lowest BCUT2D eigenvalue weighted by molar-refractivity contribution is 0.224. The molecule has 0 N–H and O–H groups in total. The molecule has 0 atom stereocenters. The molecule has 1 aromatic heterocycles. The normalized spacial score (nSPS) is 14.7. The summed E-state index contributed by atoms with van der Waals surface area (Å²) in [4.78, 5) is 16.9. The average Bonchev–Trinajstić information content (AvgIpc) is 2.75. The molecule has 0 saturated carbocycles. The van der Waals surface area contributed by atoms with Crippen molar-refractivity contribution in [1.82, 2.24) is 4.90 Å². The first-order chi connectivity index (χ1) is 14.6. The van der Waals surface area contributed by atoms with Crippen molar-refractivity contribution in [2.75, 3.05) is 31.1 Å². The fourth-order valence-corrected chi connectivity index (χ4v) is 3.61. The predicted molar refractivity (Wildman–Crippen MR) is 115 cm³/mol. The van der Waals surface area contributed by atoms with Crippen LogP contribution in [0.3, 0.4) is 0 Å². The summed E-state index contributed by atoms with van der Waals surface area (Å²) >= 11 is 6.09. The molecule has 5 nitrogen and oxygen atoms in total. The van der Waals surface area contributed by atoms with Crippen LogP contribution < -0.4 is 15.1 Å². The molecule has 30 heavy (non-hydrogen) atoms. The lowest BCUT2D eigenvalue weighted by Crippen LogP contribution is -2.46. The summed E-state index contributed by atoms with van der Waals surface area (Å²) in [5, 5.41) is 0.735. The van der Waals surface area contributed by atoms with Crippen molar-refractivity contribution in [2.24, 2.45) is 0 Å². The van der Waals surface area contributed by atoms with Crippen LogP contribution in [0.2, 0.25) is 5.02 Å². The van der Waals surface area contributed by atoms with E-state index in [0.29, 0.717) is 12.3 Å². The van der Waals surface area contributed by atoms with Gasteiger partial charge >= 0.3 is 0 Å². The Kier molecular flexibility index (Phi) is 6.35. The van der Waals surface area contributed by atoms with Crippen LogP contribution in [0.1, 0.15) is 11.3 Å². The Morgan fingerprint density at radius 2 is 1.80 bits per heavy atom. The third-order valence-electron chi connectivity index (χ3n) is 5.08. The standard InChI is InChI=1S/C23H22ClFN2O3/c24-18-2-1-3-20(12-18)27-10-8-26(9-11-27)14-21-13-22(28)23(16-29-21)30-15-17-4-6-19(25)7-5-17/h1-7,12-13,16H,8-11,14-15H2. The lowest BCUT2D eigenvalue weighted by atomic mass is 10.2. The molecule has 1 fully saturated rings. The van der Waals surface area contributed by atoms with Crippen LogP contribution in [-0.2, 0) is 13.2 Å². The van der Waals surface area contributed by atoms with E-state index < -0.39 is 0 Å². The van der Waals surface area contributed by atoms with Crippen LogP contribution in [-0.4, -0.2) is 31.1 Å². The number of nitrogens with zero attached hydrogens (tertiary/aromatic N) is 2. The van der Waals surface area contributed by atoms with Gasteiger partial charge in [0.15, 0.2) is 0 Å². The Labute approximate surface area is 179 Å². The van der Waals surface area contributed by atoms with Crippen molar-refractivity contribution < 1.29 is 13.5 Å². The van der Waals surface area contributed by atoms with Gasteiger partial charge in [0, 0.05) is 43.0 Å². The van der Waals surface area contributed by atoms with Gasteiger partial charge in [-0.05, 0) is 35.9 Å². The summed E-state index contributed by atoms with van der Waals surface area (Å²) < 4.78 is 24.1. The summed E-state index contributed by atoms with van der Waals surface area (Å²) in [6.07, 6.45) is 1.35. The molecule has 4 rings (SSSR count). The average molecular weight is 429 g/mol. The van der Waals surface area contributed by atoms with Crippen molar-refractivity contribution in [3.05, 3.63) is 93.2 Å². The van der Waals surface area contributed by atoms with E-state index in [-0.39, 0.29) is 23.6 Å². The zero-order valence-electron chi connectivity index (χ0n) is 16.4. The van der Waals surface area contributed by atoms with Crippen LogP contribution in [0.5, 0.6) is 5.75 Å². The maximum Gasteiger partial charge on any atom is 0.227 e. The largest absolute Gasteiger partial charge is 0.482 e. The fraction of sp³-hybridized carbons (Fsp3) is 0.261. The third-order valence-corrected chi connectivity index (χ3v) is 5.32. The molecule has 2 heterocycles. The van der Waals surface area contributed by atoms with E-state index in [1.54, 1.807) is 12.1 Å². The summed E-state index contributed by atoms with van der Waals surface area (Å²) in [7, 11) is 0. The Balaban J connectivity index is 1.30. The highest BCUT2D eigenvalue weighted by molar-refractivity contribution is 6.30. The molecule has 7 heteroatoms. The van der Waals surface area contributed by atoms with Crippen molar-refractivity contribution in [3.8, 4) is 5.75 Å². The number of ether oxygens (including phenoxy) is 1. The zero-order valence-corrected chi connectivity index (χ0v) is 17.1. The molecule has 0 unspecified atom stereocenters. The molecule has 0 aliphatic carbocycles. The van der Waals surface area contributed by atoms with Crippen LogP contribution >= 0.6 is 11.6 Å². The minimum absolute atomic E-state index is 0.147. The van der Waals surface area contributed by atoms with Gasteiger partial charge in [-0.1, -0.05) is 29.8 Å². The van der Waals surface area contributed by atoms with Gasteiger partial charge in [-0.2, -0.15) is 0 Å². The summed E-state index contributed by atoms with van der Waals surface area (Å²) in [6.45, 7) is 4.22. The predicted octanol–water partition coefficient (Wildman–Crippen LogP) is 4.33. The molecule has 1 aliphatic rings. The maximum absolute atomic E-state index is 13.0. The molecule has 0 spiro atoms. The van der Waals surface area contributed by atoms with Crippen LogP contribution in [0.4, 0.5) is 10.1 Å². The smallest absolute Gasteiger partial charge is 0.227 e. The number of hydrogen-bond acceptors (Lipinski definition) is 5. The molecule has 2 aromatic carbocycles. The van der Waals surface area contributed by atoms with Gasteiger partial charge in [0.1, 0.15) is 24.4 Å². The molecular weight excluding hydrogens is 407 g/mol. The Bertz CT molecular complexity index is 1050. The minimum atomic E-state index is -0.309. The number of benzene rings is 2. The molecule has 1 aliphatic heterocycles. The van der Waals surface area contributed by atoms with Crippen molar-refractivity contribution in [2.45, 2.75) is 13.2 Å². The fourth-order valence-electron chi connectivity index (χ4n) is 3.43. The topological polar surface area (TPSA) is 45.9 Å². The molecule has 0 radical (unpaired) electrons. The molecule has 0 bridgehead atoms. The Hall–Kier alpha value is -2.83. The zero-order chi connectivity index (χ0) is 20.9. The quantitative estimate of drug-likeness (QED) is 0.584. The van der Waals surface area contributed by atoms with Gasteiger partial charge in [-0.15, -0.1) is 0 Å². The monoisotopic (exact) mass is 428 g/mol. The van der Waals surface area contributed by atoms with Crippen LogP contribution in [0.15, 0.2) is 70.1 Å². The molecule has 1 saturated heterocycles. The van der Waals surface area contributed by atoms with Crippen LogP contribution in [0.25, 0.3) is 0 Å². The number of halogens is 2. The number of piperazine rings is 1. The molecular formula is C23H22ClFN2O3.